The zero-order chi connectivity index (χ0) is 19.6. The number of hydrogen-bond donors (Lipinski definition) is 0. The topological polar surface area (TPSA) is 60.4 Å². The van der Waals surface area contributed by atoms with Gasteiger partial charge in [-0.3, -0.25) is 0 Å². The summed E-state index contributed by atoms with van der Waals surface area (Å²) in [5, 5.41) is 2.78. The number of amidine groups is 1. The van der Waals surface area contributed by atoms with E-state index in [9.17, 15) is 4.79 Å². The van der Waals surface area contributed by atoms with Crippen molar-refractivity contribution in [1.29, 1.82) is 0 Å². The van der Waals surface area contributed by atoms with Crippen molar-refractivity contribution in [1.82, 2.24) is 4.90 Å². The van der Waals surface area contributed by atoms with Gasteiger partial charge in [0, 0.05) is 6.20 Å². The molecule has 3 rings (SSSR count). The third-order valence-electron chi connectivity index (χ3n) is 4.17. The highest BCUT2D eigenvalue weighted by molar-refractivity contribution is 9.10. The second-order valence-electron chi connectivity index (χ2n) is 5.79. The summed E-state index contributed by atoms with van der Waals surface area (Å²) in [4.78, 5) is 19.3. The van der Waals surface area contributed by atoms with Crippen LogP contribution in [-0.2, 0) is 9.53 Å². The Labute approximate surface area is 171 Å². The molecule has 2 aliphatic heterocycles. The highest BCUT2D eigenvalue weighted by atomic mass is 79.9. The molecule has 0 aliphatic carbocycles. The Bertz CT molecular complexity index is 850. The summed E-state index contributed by atoms with van der Waals surface area (Å²) >= 11 is 5.10. The Morgan fingerprint density at radius 1 is 1.33 bits per heavy atom. The van der Waals surface area contributed by atoms with Crippen molar-refractivity contribution < 1.29 is 19.0 Å². The quantitative estimate of drug-likeness (QED) is 0.586. The van der Waals surface area contributed by atoms with Crippen molar-refractivity contribution in [2.45, 2.75) is 26.8 Å². The molecule has 0 fully saturated rings. The predicted octanol–water partition coefficient (Wildman–Crippen LogP) is 4.62. The molecule has 2 heterocycles. The predicted molar refractivity (Wildman–Crippen MR) is 110 cm³/mol. The molecule has 0 amide bonds. The Morgan fingerprint density at radius 2 is 2.11 bits per heavy atom. The lowest BCUT2D eigenvalue weighted by molar-refractivity contribution is -0.139. The van der Waals surface area contributed by atoms with Gasteiger partial charge in [-0.05, 0) is 59.8 Å². The molecule has 1 aromatic rings. The van der Waals surface area contributed by atoms with Crippen molar-refractivity contribution in [3.8, 4) is 11.5 Å². The van der Waals surface area contributed by atoms with E-state index in [1.165, 1.54) is 11.8 Å². The SMILES string of the molecule is CCOC(=O)C1=C(C)N=C2SC=CN2[C@H]1c1cc(Br)c(OCC)c(OC)c1. The van der Waals surface area contributed by atoms with E-state index in [1.54, 1.807) is 14.0 Å². The highest BCUT2D eigenvalue weighted by Crippen LogP contribution is 2.45. The molecule has 0 saturated carbocycles. The summed E-state index contributed by atoms with van der Waals surface area (Å²) in [5.74, 6) is 0.872. The van der Waals surface area contributed by atoms with Crippen LogP contribution in [0.15, 0.2) is 44.5 Å². The third-order valence-corrected chi connectivity index (χ3v) is 5.53. The largest absolute Gasteiger partial charge is 0.493 e. The standard InChI is InChI=1S/C19H21BrN2O4S/c1-5-25-17-13(20)9-12(10-14(17)24-4)16-15(18(23)26-6-2)11(3)21-19-22(16)7-8-27-19/h7-10,16H,5-6H2,1-4H3/t16-/m0/s1. The smallest absolute Gasteiger partial charge is 0.338 e. The van der Waals surface area contributed by atoms with E-state index in [4.69, 9.17) is 14.2 Å². The second-order valence-corrected chi connectivity index (χ2v) is 7.52. The Balaban J connectivity index is 2.14. The summed E-state index contributed by atoms with van der Waals surface area (Å²) in [7, 11) is 1.60. The number of halogens is 1. The molecule has 6 nitrogen and oxygen atoms in total. The number of esters is 1. The molecule has 144 valence electrons. The van der Waals surface area contributed by atoms with Gasteiger partial charge in [0.2, 0.25) is 0 Å². The molecular weight excluding hydrogens is 432 g/mol. The summed E-state index contributed by atoms with van der Waals surface area (Å²) < 4.78 is 17.3. The number of benzene rings is 1. The Kier molecular flexibility index (Phi) is 6.16. The van der Waals surface area contributed by atoms with Gasteiger partial charge in [-0.15, -0.1) is 0 Å². The molecule has 0 N–H and O–H groups in total. The fourth-order valence-corrected chi connectivity index (χ4v) is 4.45. The zero-order valence-corrected chi connectivity index (χ0v) is 18.0. The van der Waals surface area contributed by atoms with Gasteiger partial charge in [-0.25, -0.2) is 9.79 Å². The van der Waals surface area contributed by atoms with Gasteiger partial charge in [0.15, 0.2) is 16.7 Å². The number of carbonyl (C=O) groups excluding carboxylic acids is 1. The fourth-order valence-electron chi connectivity index (χ4n) is 3.08. The molecule has 1 atom stereocenters. The minimum atomic E-state index is -0.364. The lowest BCUT2D eigenvalue weighted by Crippen LogP contribution is -2.34. The van der Waals surface area contributed by atoms with Gasteiger partial charge in [0.05, 0.1) is 42.1 Å². The molecule has 1 aromatic carbocycles. The average Bonchev–Trinajstić information content (AvgIpc) is 3.10. The van der Waals surface area contributed by atoms with E-state index in [0.29, 0.717) is 36.0 Å². The van der Waals surface area contributed by atoms with Gasteiger partial charge >= 0.3 is 5.97 Å². The fraction of sp³-hybridized carbons (Fsp3) is 0.368. The summed E-state index contributed by atoms with van der Waals surface area (Å²) in [6.07, 6.45) is 1.93. The Hall–Kier alpha value is -1.93. The number of thioether (sulfide) groups is 1. The zero-order valence-electron chi connectivity index (χ0n) is 15.6. The van der Waals surface area contributed by atoms with Gasteiger partial charge in [-0.2, -0.15) is 0 Å². The molecule has 0 spiro atoms. The van der Waals surface area contributed by atoms with Crippen LogP contribution in [0.25, 0.3) is 0 Å². The molecule has 0 radical (unpaired) electrons. The van der Waals surface area contributed by atoms with Crippen LogP contribution in [0, 0.1) is 0 Å². The number of methoxy groups -OCH3 is 1. The molecule has 27 heavy (non-hydrogen) atoms. The van der Waals surface area contributed by atoms with E-state index in [1.807, 2.05) is 42.5 Å². The summed E-state index contributed by atoms with van der Waals surface area (Å²) in [6.45, 7) is 6.37. The van der Waals surface area contributed by atoms with Crippen molar-refractivity contribution in [2.75, 3.05) is 20.3 Å². The summed E-state index contributed by atoms with van der Waals surface area (Å²) in [5.41, 5.74) is 2.06. The normalized spacial score (nSPS) is 18.3. The van der Waals surface area contributed by atoms with E-state index >= 15 is 0 Å². The van der Waals surface area contributed by atoms with Crippen LogP contribution in [0.3, 0.4) is 0 Å². The van der Waals surface area contributed by atoms with Crippen LogP contribution in [0.2, 0.25) is 0 Å². The second kappa shape index (κ2) is 8.39. The van der Waals surface area contributed by atoms with Gasteiger partial charge < -0.3 is 19.1 Å². The van der Waals surface area contributed by atoms with Crippen LogP contribution < -0.4 is 9.47 Å². The maximum absolute atomic E-state index is 12.7. The average molecular weight is 453 g/mol. The number of nitrogens with zero attached hydrogens (tertiary/aromatic N) is 2. The maximum Gasteiger partial charge on any atom is 0.338 e. The van der Waals surface area contributed by atoms with Crippen LogP contribution in [0.5, 0.6) is 11.5 Å². The molecule has 0 bridgehead atoms. The number of hydrogen-bond acceptors (Lipinski definition) is 7. The van der Waals surface area contributed by atoms with Crippen LogP contribution in [-0.4, -0.2) is 36.4 Å². The maximum atomic E-state index is 12.7. The van der Waals surface area contributed by atoms with Crippen molar-refractivity contribution in [3.05, 3.63) is 45.0 Å². The van der Waals surface area contributed by atoms with Gasteiger partial charge in [0.1, 0.15) is 0 Å². The lowest BCUT2D eigenvalue weighted by Gasteiger charge is -2.33. The minimum absolute atomic E-state index is 0.305. The van der Waals surface area contributed by atoms with Crippen molar-refractivity contribution >= 4 is 38.8 Å². The van der Waals surface area contributed by atoms with Crippen molar-refractivity contribution in [2.24, 2.45) is 4.99 Å². The number of aliphatic imine (C=N–C) groups is 1. The minimum Gasteiger partial charge on any atom is -0.493 e. The van der Waals surface area contributed by atoms with Crippen LogP contribution in [0.1, 0.15) is 32.4 Å². The first-order valence-electron chi connectivity index (χ1n) is 8.60. The highest BCUT2D eigenvalue weighted by Gasteiger charge is 2.38. The lowest BCUT2D eigenvalue weighted by atomic mass is 9.94. The van der Waals surface area contributed by atoms with Gasteiger partial charge in [-0.1, -0.05) is 11.8 Å². The molecule has 2 aliphatic rings. The third kappa shape index (κ3) is 3.73. The van der Waals surface area contributed by atoms with Gasteiger partial charge in [0.25, 0.3) is 0 Å². The first-order chi connectivity index (χ1) is 13.0. The van der Waals surface area contributed by atoms with E-state index in [2.05, 4.69) is 20.9 Å². The van der Waals surface area contributed by atoms with Crippen LogP contribution >= 0.6 is 27.7 Å². The Morgan fingerprint density at radius 3 is 2.78 bits per heavy atom. The first kappa shape index (κ1) is 19.8. The monoisotopic (exact) mass is 452 g/mol. The number of allylic oxidation sites excluding steroid dienone is 1. The first-order valence-corrected chi connectivity index (χ1v) is 10.3. The molecular formula is C19H21BrN2O4S. The number of carbonyl (C=O) groups is 1. The van der Waals surface area contributed by atoms with Crippen molar-refractivity contribution in [3.63, 3.8) is 0 Å². The number of ether oxygens (including phenoxy) is 3. The number of fused-ring (bicyclic) bond motifs is 1. The van der Waals surface area contributed by atoms with E-state index < -0.39 is 0 Å². The van der Waals surface area contributed by atoms with E-state index in [-0.39, 0.29) is 12.0 Å². The summed E-state index contributed by atoms with van der Waals surface area (Å²) in [6, 6.07) is 3.49. The number of rotatable bonds is 6. The molecule has 8 heteroatoms. The molecule has 0 saturated heterocycles. The van der Waals surface area contributed by atoms with Crippen LogP contribution in [0.4, 0.5) is 0 Å². The molecule has 0 aromatic heterocycles. The molecule has 0 unspecified atom stereocenters. The van der Waals surface area contributed by atoms with E-state index in [0.717, 1.165) is 15.2 Å².